The number of hydrogen-bond acceptors (Lipinski definition) is 3. The van der Waals surface area contributed by atoms with Crippen LogP contribution in [-0.2, 0) is 14.3 Å². The number of hydrogen-bond donors (Lipinski definition) is 0. The Kier molecular flexibility index (Phi) is 3.06. The highest BCUT2D eigenvalue weighted by Crippen LogP contribution is 2.38. The molecule has 0 spiro atoms. The van der Waals surface area contributed by atoms with Gasteiger partial charge >= 0.3 is 5.97 Å². The first kappa shape index (κ1) is 9.97. The van der Waals surface area contributed by atoms with Gasteiger partial charge in [-0.1, -0.05) is 0 Å². The van der Waals surface area contributed by atoms with E-state index in [0.29, 0.717) is 5.92 Å². The molecule has 0 unspecified atom stereocenters. The third kappa shape index (κ3) is 1.92. The summed E-state index contributed by atoms with van der Waals surface area (Å²) in [4.78, 5) is 11.4. The minimum atomic E-state index is -0.0333. The van der Waals surface area contributed by atoms with Crippen LogP contribution in [0.5, 0.6) is 0 Å². The van der Waals surface area contributed by atoms with E-state index < -0.39 is 0 Å². The SMILES string of the molecule is COC(=O)[C@@H]1CC[C@@H]2CCOC[C@H]2C1. The normalized spacial score (nSPS) is 37.4. The highest BCUT2D eigenvalue weighted by atomic mass is 16.5. The fourth-order valence-corrected chi connectivity index (χ4v) is 2.76. The molecule has 2 aliphatic rings. The van der Waals surface area contributed by atoms with E-state index in [1.165, 1.54) is 20.0 Å². The van der Waals surface area contributed by atoms with Crippen molar-refractivity contribution in [3.8, 4) is 0 Å². The van der Waals surface area contributed by atoms with Crippen molar-refractivity contribution in [1.29, 1.82) is 0 Å². The number of esters is 1. The van der Waals surface area contributed by atoms with Gasteiger partial charge in [0.25, 0.3) is 0 Å². The summed E-state index contributed by atoms with van der Waals surface area (Å²) < 4.78 is 10.2. The number of rotatable bonds is 1. The molecule has 0 N–H and O–H groups in total. The lowest BCUT2D eigenvalue weighted by Crippen LogP contribution is -2.35. The second-order valence-corrected chi connectivity index (χ2v) is 4.42. The van der Waals surface area contributed by atoms with E-state index in [1.807, 2.05) is 0 Å². The molecule has 2 fully saturated rings. The van der Waals surface area contributed by atoms with Crippen LogP contribution < -0.4 is 0 Å². The average Bonchev–Trinajstić information content (AvgIpc) is 2.27. The molecule has 0 bridgehead atoms. The van der Waals surface area contributed by atoms with Gasteiger partial charge < -0.3 is 9.47 Å². The second kappa shape index (κ2) is 4.30. The minimum absolute atomic E-state index is 0.0333. The summed E-state index contributed by atoms with van der Waals surface area (Å²) in [7, 11) is 1.48. The molecule has 1 aliphatic heterocycles. The van der Waals surface area contributed by atoms with Crippen molar-refractivity contribution >= 4 is 5.97 Å². The molecular formula is C11H18O3. The number of carbonyl (C=O) groups is 1. The lowest BCUT2D eigenvalue weighted by atomic mass is 9.72. The average molecular weight is 198 g/mol. The summed E-state index contributed by atoms with van der Waals surface area (Å²) in [5.74, 6) is 1.49. The summed E-state index contributed by atoms with van der Waals surface area (Å²) >= 11 is 0. The van der Waals surface area contributed by atoms with E-state index in [1.54, 1.807) is 0 Å². The molecule has 0 amide bonds. The van der Waals surface area contributed by atoms with Crippen LogP contribution in [0, 0.1) is 17.8 Å². The van der Waals surface area contributed by atoms with Gasteiger partial charge in [0.1, 0.15) is 0 Å². The van der Waals surface area contributed by atoms with Crippen LogP contribution in [0.4, 0.5) is 0 Å². The smallest absolute Gasteiger partial charge is 0.308 e. The zero-order valence-electron chi connectivity index (χ0n) is 8.70. The Morgan fingerprint density at radius 2 is 2.14 bits per heavy atom. The predicted molar refractivity (Wildman–Crippen MR) is 51.8 cm³/mol. The molecular weight excluding hydrogens is 180 g/mol. The fraction of sp³-hybridized carbons (Fsp3) is 0.909. The van der Waals surface area contributed by atoms with E-state index in [0.717, 1.165) is 32.0 Å². The van der Waals surface area contributed by atoms with Gasteiger partial charge in [0.05, 0.1) is 13.0 Å². The minimum Gasteiger partial charge on any atom is -0.469 e. The van der Waals surface area contributed by atoms with Crippen molar-refractivity contribution in [3.05, 3.63) is 0 Å². The Hall–Kier alpha value is -0.570. The van der Waals surface area contributed by atoms with E-state index in [2.05, 4.69) is 0 Å². The van der Waals surface area contributed by atoms with Crippen LogP contribution in [0.3, 0.4) is 0 Å². The molecule has 80 valence electrons. The Bertz CT molecular complexity index is 215. The third-order valence-electron chi connectivity index (χ3n) is 3.64. The van der Waals surface area contributed by atoms with Gasteiger partial charge in [-0.15, -0.1) is 0 Å². The highest BCUT2D eigenvalue weighted by molar-refractivity contribution is 5.72. The Morgan fingerprint density at radius 3 is 2.93 bits per heavy atom. The molecule has 0 aromatic rings. The first-order chi connectivity index (χ1) is 6.81. The van der Waals surface area contributed by atoms with Crippen LogP contribution in [-0.4, -0.2) is 26.3 Å². The quantitative estimate of drug-likeness (QED) is 0.600. The molecule has 14 heavy (non-hydrogen) atoms. The second-order valence-electron chi connectivity index (χ2n) is 4.42. The summed E-state index contributed by atoms with van der Waals surface area (Å²) in [6, 6.07) is 0. The van der Waals surface area contributed by atoms with Crippen molar-refractivity contribution in [2.24, 2.45) is 17.8 Å². The summed E-state index contributed by atoms with van der Waals surface area (Å²) in [6.45, 7) is 1.75. The first-order valence-electron chi connectivity index (χ1n) is 5.47. The lowest BCUT2D eigenvalue weighted by Gasteiger charge is -2.38. The van der Waals surface area contributed by atoms with Crippen LogP contribution in [0.25, 0.3) is 0 Å². The number of carbonyl (C=O) groups excluding carboxylic acids is 1. The van der Waals surface area contributed by atoms with Crippen LogP contribution in [0.2, 0.25) is 0 Å². The fourth-order valence-electron chi connectivity index (χ4n) is 2.76. The molecule has 3 heteroatoms. The lowest BCUT2D eigenvalue weighted by molar-refractivity contribution is -0.148. The maximum atomic E-state index is 11.4. The van der Waals surface area contributed by atoms with E-state index >= 15 is 0 Å². The maximum Gasteiger partial charge on any atom is 0.308 e. The largest absolute Gasteiger partial charge is 0.469 e. The first-order valence-corrected chi connectivity index (χ1v) is 5.47. The van der Waals surface area contributed by atoms with Gasteiger partial charge in [0, 0.05) is 13.2 Å². The summed E-state index contributed by atoms with van der Waals surface area (Å²) in [5.41, 5.74) is 0. The van der Waals surface area contributed by atoms with Crippen molar-refractivity contribution in [3.63, 3.8) is 0 Å². The van der Waals surface area contributed by atoms with Crippen LogP contribution in [0.1, 0.15) is 25.7 Å². The Morgan fingerprint density at radius 1 is 1.29 bits per heavy atom. The van der Waals surface area contributed by atoms with Crippen molar-refractivity contribution in [2.75, 3.05) is 20.3 Å². The number of ether oxygens (including phenoxy) is 2. The molecule has 3 atom stereocenters. The van der Waals surface area contributed by atoms with Gasteiger partial charge in [0.15, 0.2) is 0 Å². The van der Waals surface area contributed by atoms with Crippen molar-refractivity contribution in [2.45, 2.75) is 25.7 Å². The molecule has 1 heterocycles. The van der Waals surface area contributed by atoms with E-state index in [-0.39, 0.29) is 11.9 Å². The molecule has 1 saturated heterocycles. The zero-order valence-corrected chi connectivity index (χ0v) is 8.70. The molecule has 0 aromatic heterocycles. The van der Waals surface area contributed by atoms with Gasteiger partial charge in [-0.05, 0) is 37.5 Å². The standard InChI is InChI=1S/C11H18O3/c1-13-11(12)9-3-2-8-4-5-14-7-10(8)6-9/h8-10H,2-7H2,1H3/t8-,9-,10-/m1/s1. The molecule has 2 rings (SSSR count). The zero-order chi connectivity index (χ0) is 9.97. The predicted octanol–water partition coefficient (Wildman–Crippen LogP) is 1.61. The topological polar surface area (TPSA) is 35.5 Å². The molecule has 0 radical (unpaired) electrons. The maximum absolute atomic E-state index is 11.4. The van der Waals surface area contributed by atoms with Gasteiger partial charge in [-0.3, -0.25) is 4.79 Å². The monoisotopic (exact) mass is 198 g/mol. The summed E-state index contributed by atoms with van der Waals surface area (Å²) in [5, 5.41) is 0. The number of methoxy groups -OCH3 is 1. The highest BCUT2D eigenvalue weighted by Gasteiger charge is 2.35. The number of fused-ring (bicyclic) bond motifs is 1. The van der Waals surface area contributed by atoms with Crippen molar-refractivity contribution in [1.82, 2.24) is 0 Å². The van der Waals surface area contributed by atoms with Gasteiger partial charge in [-0.2, -0.15) is 0 Å². The molecule has 1 saturated carbocycles. The van der Waals surface area contributed by atoms with Crippen LogP contribution in [0.15, 0.2) is 0 Å². The van der Waals surface area contributed by atoms with Crippen LogP contribution >= 0.6 is 0 Å². The van der Waals surface area contributed by atoms with Gasteiger partial charge in [-0.25, -0.2) is 0 Å². The van der Waals surface area contributed by atoms with E-state index in [9.17, 15) is 4.79 Å². The van der Waals surface area contributed by atoms with E-state index in [4.69, 9.17) is 9.47 Å². The van der Waals surface area contributed by atoms with Gasteiger partial charge in [0.2, 0.25) is 0 Å². The molecule has 0 aromatic carbocycles. The Labute approximate surface area is 84.8 Å². The Balaban J connectivity index is 1.92. The van der Waals surface area contributed by atoms with Crippen molar-refractivity contribution < 1.29 is 14.3 Å². The third-order valence-corrected chi connectivity index (χ3v) is 3.64. The molecule has 1 aliphatic carbocycles. The molecule has 3 nitrogen and oxygen atoms in total. The summed E-state index contributed by atoms with van der Waals surface area (Å²) in [6.07, 6.45) is 4.33.